The second-order valence-corrected chi connectivity index (χ2v) is 10.6. The fraction of sp³-hybridized carbons (Fsp3) is 0.667. The van der Waals surface area contributed by atoms with Crippen LogP contribution in [0.1, 0.15) is 57.2 Å². The first kappa shape index (κ1) is 24.3. The number of aromatic nitrogens is 2. The van der Waals surface area contributed by atoms with E-state index in [1.165, 1.54) is 19.3 Å². The minimum absolute atomic E-state index is 0.00628. The van der Waals surface area contributed by atoms with Crippen LogP contribution in [-0.4, -0.2) is 77.2 Å². The molecule has 2 fully saturated rings. The van der Waals surface area contributed by atoms with Crippen molar-refractivity contribution in [3.8, 4) is 5.75 Å². The number of benzene rings is 1. The van der Waals surface area contributed by atoms with Crippen LogP contribution in [0.5, 0.6) is 5.75 Å². The van der Waals surface area contributed by atoms with E-state index in [2.05, 4.69) is 22.2 Å². The van der Waals surface area contributed by atoms with Crippen LogP contribution in [0, 0.1) is 0 Å². The van der Waals surface area contributed by atoms with Crippen molar-refractivity contribution in [3.05, 3.63) is 34.4 Å². The van der Waals surface area contributed by atoms with Crippen LogP contribution >= 0.6 is 0 Å². The second-order valence-electron chi connectivity index (χ2n) is 10.6. The molecule has 1 aromatic heterocycles. The smallest absolute Gasteiger partial charge is 0.261 e. The Morgan fingerprint density at radius 2 is 1.80 bits per heavy atom. The summed E-state index contributed by atoms with van der Waals surface area (Å²) in [7, 11) is 2.18. The summed E-state index contributed by atoms with van der Waals surface area (Å²) in [6, 6.07) is 5.38. The lowest BCUT2D eigenvalue weighted by Gasteiger charge is -2.49. The zero-order valence-electron chi connectivity index (χ0n) is 21.1. The van der Waals surface area contributed by atoms with E-state index in [1.54, 1.807) is 6.07 Å². The highest BCUT2D eigenvalue weighted by Crippen LogP contribution is 2.34. The molecule has 2 aromatic rings. The minimum Gasteiger partial charge on any atom is -0.484 e. The van der Waals surface area contributed by atoms with E-state index in [9.17, 15) is 9.59 Å². The fourth-order valence-electron chi connectivity index (χ4n) is 6.05. The van der Waals surface area contributed by atoms with Gasteiger partial charge in [-0.3, -0.25) is 19.1 Å². The third kappa shape index (κ3) is 5.38. The van der Waals surface area contributed by atoms with Crippen molar-refractivity contribution < 1.29 is 9.53 Å². The molecule has 8 nitrogen and oxygen atoms in total. The summed E-state index contributed by atoms with van der Waals surface area (Å²) < 4.78 is 7.64. The maximum absolute atomic E-state index is 13.1. The van der Waals surface area contributed by atoms with Crippen molar-refractivity contribution in [2.24, 2.45) is 0 Å². The number of hydrogen-bond donors (Lipinski definition) is 1. The maximum atomic E-state index is 13.1. The number of carbonyl (C=O) groups excluding carboxylic acids is 1. The number of amides is 1. The summed E-state index contributed by atoms with van der Waals surface area (Å²) >= 11 is 0. The summed E-state index contributed by atoms with van der Waals surface area (Å²) in [5.74, 6) is 1.30. The molecule has 1 saturated heterocycles. The molecule has 0 bridgehead atoms. The van der Waals surface area contributed by atoms with Crippen LogP contribution in [0.4, 0.5) is 0 Å². The lowest BCUT2D eigenvalue weighted by molar-refractivity contribution is -0.124. The minimum atomic E-state index is -0.110. The molecule has 3 aliphatic rings. The van der Waals surface area contributed by atoms with Gasteiger partial charge < -0.3 is 15.0 Å². The van der Waals surface area contributed by atoms with Crippen molar-refractivity contribution in [2.45, 2.75) is 69.9 Å². The zero-order valence-corrected chi connectivity index (χ0v) is 21.1. The molecular formula is C27H39N5O3. The first-order valence-corrected chi connectivity index (χ1v) is 13.4. The predicted molar refractivity (Wildman–Crippen MR) is 137 cm³/mol. The van der Waals surface area contributed by atoms with Gasteiger partial charge in [0.25, 0.3) is 11.5 Å². The first-order chi connectivity index (χ1) is 17.0. The molecule has 2 aliphatic heterocycles. The number of fused-ring (bicyclic) bond motifs is 2. The number of rotatable bonds is 6. The molecule has 1 N–H and O–H groups in total. The standard InChI is InChI=1S/C27H39N5O3/c1-30-14-16-31(17-15-30)27(11-5-3-6-12-27)20-28-25(33)19-35-21-9-10-23-22(18-21)26(34)32-13-7-2-4-8-24(32)29-23/h9-10,18H,2-8,11-17,19-20H2,1H3,(H,28,33). The Kier molecular flexibility index (Phi) is 7.39. The first-order valence-electron chi connectivity index (χ1n) is 13.4. The Labute approximate surface area is 207 Å². The van der Waals surface area contributed by atoms with Gasteiger partial charge in [-0.1, -0.05) is 25.7 Å². The SMILES string of the molecule is CN1CCN(C2(CNC(=O)COc3ccc4nc5n(c(=O)c4c3)CCCCC5)CCCCC2)CC1. The molecule has 1 saturated carbocycles. The van der Waals surface area contributed by atoms with Gasteiger partial charge >= 0.3 is 0 Å². The number of nitrogens with one attached hydrogen (secondary N) is 1. The molecule has 1 aromatic carbocycles. The van der Waals surface area contributed by atoms with Crippen molar-refractivity contribution in [1.29, 1.82) is 0 Å². The summed E-state index contributed by atoms with van der Waals surface area (Å²) in [5.41, 5.74) is 0.760. The Balaban J connectivity index is 1.22. The topological polar surface area (TPSA) is 79.7 Å². The number of hydrogen-bond acceptors (Lipinski definition) is 6. The number of piperazine rings is 1. The third-order valence-corrected chi connectivity index (χ3v) is 8.23. The molecule has 3 heterocycles. The Morgan fingerprint density at radius 1 is 1.03 bits per heavy atom. The van der Waals surface area contributed by atoms with Crippen LogP contribution in [0.15, 0.2) is 23.0 Å². The summed E-state index contributed by atoms with van der Waals surface area (Å²) in [4.78, 5) is 35.6. The molecule has 35 heavy (non-hydrogen) atoms. The van der Waals surface area contributed by atoms with E-state index >= 15 is 0 Å². The predicted octanol–water partition coefficient (Wildman–Crippen LogP) is 2.57. The molecule has 190 valence electrons. The molecule has 8 heteroatoms. The monoisotopic (exact) mass is 481 g/mol. The molecular weight excluding hydrogens is 442 g/mol. The number of nitrogens with zero attached hydrogens (tertiary/aromatic N) is 4. The van der Waals surface area contributed by atoms with Gasteiger partial charge in [0.15, 0.2) is 6.61 Å². The quantitative estimate of drug-likeness (QED) is 0.683. The van der Waals surface area contributed by atoms with Gasteiger partial charge in [-0.05, 0) is 50.9 Å². The molecule has 0 radical (unpaired) electrons. The number of carbonyl (C=O) groups is 1. The lowest BCUT2D eigenvalue weighted by Crippen LogP contribution is -2.61. The van der Waals surface area contributed by atoms with Gasteiger partial charge in [0.2, 0.25) is 0 Å². The average molecular weight is 482 g/mol. The van der Waals surface area contributed by atoms with Crippen molar-refractivity contribution in [1.82, 2.24) is 24.7 Å². The molecule has 1 aliphatic carbocycles. The van der Waals surface area contributed by atoms with Crippen LogP contribution < -0.4 is 15.6 Å². The van der Waals surface area contributed by atoms with Crippen molar-refractivity contribution >= 4 is 16.8 Å². The molecule has 0 atom stereocenters. The summed E-state index contributed by atoms with van der Waals surface area (Å²) in [6.07, 6.45) is 10.1. The molecule has 0 spiro atoms. The molecule has 5 rings (SSSR count). The molecule has 0 unspecified atom stereocenters. The largest absolute Gasteiger partial charge is 0.484 e. The zero-order chi connectivity index (χ0) is 24.3. The average Bonchev–Trinajstić information content (AvgIpc) is 3.13. The van der Waals surface area contributed by atoms with Crippen LogP contribution in [0.2, 0.25) is 0 Å². The van der Waals surface area contributed by atoms with Crippen molar-refractivity contribution in [2.75, 3.05) is 46.4 Å². The van der Waals surface area contributed by atoms with Gasteiger partial charge in [0, 0.05) is 51.2 Å². The Hall–Kier alpha value is -2.45. The van der Waals surface area contributed by atoms with E-state index in [-0.39, 0.29) is 23.6 Å². The Bertz CT molecular complexity index is 1100. The van der Waals surface area contributed by atoms with Crippen LogP contribution in [0.25, 0.3) is 10.9 Å². The van der Waals surface area contributed by atoms with Crippen molar-refractivity contribution in [3.63, 3.8) is 0 Å². The maximum Gasteiger partial charge on any atom is 0.261 e. The molecule has 1 amide bonds. The van der Waals surface area contributed by atoms with E-state index in [4.69, 9.17) is 9.72 Å². The fourth-order valence-corrected chi connectivity index (χ4v) is 6.05. The van der Waals surface area contributed by atoms with Gasteiger partial charge in [0.05, 0.1) is 10.9 Å². The highest BCUT2D eigenvalue weighted by molar-refractivity contribution is 5.80. The second kappa shape index (κ2) is 10.7. The highest BCUT2D eigenvalue weighted by atomic mass is 16.5. The number of likely N-dealkylation sites (N-methyl/N-ethyl adjacent to an activating group) is 1. The van der Waals surface area contributed by atoms with E-state index in [0.29, 0.717) is 23.2 Å². The number of aryl methyl sites for hydroxylation is 1. The van der Waals surface area contributed by atoms with Gasteiger partial charge in [-0.25, -0.2) is 4.98 Å². The lowest BCUT2D eigenvalue weighted by atomic mass is 9.79. The summed E-state index contributed by atoms with van der Waals surface area (Å²) in [6.45, 7) is 5.63. The van der Waals surface area contributed by atoms with E-state index < -0.39 is 0 Å². The number of ether oxygens (including phenoxy) is 1. The Morgan fingerprint density at radius 3 is 2.60 bits per heavy atom. The summed E-state index contributed by atoms with van der Waals surface area (Å²) in [5, 5.41) is 3.73. The van der Waals surface area contributed by atoms with E-state index in [0.717, 1.165) is 77.1 Å². The normalized spacial score (nSPS) is 21.3. The van der Waals surface area contributed by atoms with Gasteiger partial charge in [-0.15, -0.1) is 0 Å². The highest BCUT2D eigenvalue weighted by Gasteiger charge is 2.39. The third-order valence-electron chi connectivity index (χ3n) is 8.23. The van der Waals surface area contributed by atoms with E-state index in [1.807, 2.05) is 16.7 Å². The van der Waals surface area contributed by atoms with Crippen LogP contribution in [0.3, 0.4) is 0 Å². The van der Waals surface area contributed by atoms with Crippen LogP contribution in [-0.2, 0) is 17.8 Å². The van der Waals surface area contributed by atoms with Gasteiger partial charge in [-0.2, -0.15) is 0 Å². The van der Waals surface area contributed by atoms with Gasteiger partial charge in [0.1, 0.15) is 11.6 Å².